The first-order valence-corrected chi connectivity index (χ1v) is 14.8. The molecule has 0 aliphatic heterocycles. The van der Waals surface area contributed by atoms with Crippen molar-refractivity contribution in [3.8, 4) is 11.3 Å². The summed E-state index contributed by atoms with van der Waals surface area (Å²) in [6.45, 7) is 2.14. The van der Waals surface area contributed by atoms with E-state index in [1.54, 1.807) is 16.9 Å². The molecule has 2 aliphatic carbocycles. The molecule has 2 aliphatic rings. The zero-order chi connectivity index (χ0) is 27.0. The summed E-state index contributed by atoms with van der Waals surface area (Å²) in [5.41, 5.74) is 5.12. The van der Waals surface area contributed by atoms with E-state index in [2.05, 4.69) is 23.5 Å². The van der Waals surface area contributed by atoms with Crippen molar-refractivity contribution in [1.29, 1.82) is 0 Å². The van der Waals surface area contributed by atoms with Gasteiger partial charge in [-0.1, -0.05) is 73.0 Å². The highest BCUT2D eigenvalue weighted by Gasteiger charge is 2.43. The maximum Gasteiger partial charge on any atom is 0.258 e. The summed E-state index contributed by atoms with van der Waals surface area (Å²) in [5.74, 6) is 0.585. The molecule has 8 heteroatoms. The van der Waals surface area contributed by atoms with Gasteiger partial charge in [-0.2, -0.15) is 0 Å². The number of amides is 1. The lowest BCUT2D eigenvalue weighted by molar-refractivity contribution is -0.113. The molecule has 0 saturated heterocycles. The molecule has 1 amide bonds. The van der Waals surface area contributed by atoms with E-state index >= 15 is 0 Å². The topological polar surface area (TPSA) is 77.1 Å². The van der Waals surface area contributed by atoms with Crippen molar-refractivity contribution >= 4 is 35.0 Å². The van der Waals surface area contributed by atoms with E-state index in [-0.39, 0.29) is 29.2 Å². The third kappa shape index (κ3) is 4.94. The second-order valence-electron chi connectivity index (χ2n) is 10.5. The van der Waals surface area contributed by atoms with E-state index in [0.29, 0.717) is 21.6 Å². The number of hydrogen-bond donors (Lipinski definition) is 1. The van der Waals surface area contributed by atoms with Crippen molar-refractivity contribution < 1.29 is 9.21 Å². The van der Waals surface area contributed by atoms with Crippen molar-refractivity contribution in [3.63, 3.8) is 0 Å². The third-order valence-corrected chi connectivity index (χ3v) is 9.43. The number of benzene rings is 2. The smallest absolute Gasteiger partial charge is 0.258 e. The minimum absolute atomic E-state index is 0.0265. The molecule has 4 aromatic rings. The fraction of sp³-hybridized carbons (Fsp3) is 0.323. The summed E-state index contributed by atoms with van der Waals surface area (Å²) in [6, 6.07) is 17.4. The molecule has 200 valence electrons. The van der Waals surface area contributed by atoms with Gasteiger partial charge in [-0.05, 0) is 61.6 Å². The maximum atomic E-state index is 14.4. The van der Waals surface area contributed by atoms with Crippen molar-refractivity contribution in [2.45, 2.75) is 62.6 Å². The first-order valence-electron chi connectivity index (χ1n) is 13.4. The summed E-state index contributed by atoms with van der Waals surface area (Å²) in [7, 11) is 0. The molecular formula is C31H30ClN3O3S. The molecule has 1 spiro atoms. The quantitative estimate of drug-likeness (QED) is 0.203. The Morgan fingerprint density at radius 3 is 2.72 bits per heavy atom. The van der Waals surface area contributed by atoms with Crippen LogP contribution < -0.4 is 10.9 Å². The Morgan fingerprint density at radius 2 is 1.92 bits per heavy atom. The first kappa shape index (κ1) is 26.0. The van der Waals surface area contributed by atoms with E-state index in [9.17, 15) is 9.59 Å². The second-order valence-corrected chi connectivity index (χ2v) is 11.9. The normalized spacial score (nSPS) is 15.5. The van der Waals surface area contributed by atoms with Crippen LogP contribution >= 0.6 is 23.4 Å². The van der Waals surface area contributed by atoms with Gasteiger partial charge in [0, 0.05) is 21.7 Å². The first-order chi connectivity index (χ1) is 18.9. The van der Waals surface area contributed by atoms with Crippen molar-refractivity contribution in [2.24, 2.45) is 0 Å². The van der Waals surface area contributed by atoms with Crippen LogP contribution in [0.5, 0.6) is 0 Å². The number of carbonyl (C=O) groups is 1. The Morgan fingerprint density at radius 1 is 1.10 bits per heavy atom. The molecule has 2 heterocycles. The van der Waals surface area contributed by atoms with Crippen LogP contribution in [0.3, 0.4) is 0 Å². The molecule has 2 aromatic heterocycles. The minimum atomic E-state index is -0.207. The number of fused-ring (bicyclic) bond motifs is 4. The van der Waals surface area contributed by atoms with E-state index in [1.165, 1.54) is 23.7 Å². The Bertz CT molecular complexity index is 1590. The number of nitrogens with one attached hydrogen (secondary N) is 1. The van der Waals surface area contributed by atoms with Crippen LogP contribution in [0, 0.1) is 6.92 Å². The summed E-state index contributed by atoms with van der Waals surface area (Å²) in [4.78, 5) is 32.5. The molecule has 0 atom stereocenters. The molecule has 0 unspecified atom stereocenters. The van der Waals surface area contributed by atoms with Crippen molar-refractivity contribution in [1.82, 2.24) is 9.55 Å². The fourth-order valence-electron chi connectivity index (χ4n) is 6.09. The highest BCUT2D eigenvalue weighted by atomic mass is 35.5. The summed E-state index contributed by atoms with van der Waals surface area (Å²) < 4.78 is 7.32. The summed E-state index contributed by atoms with van der Waals surface area (Å²) in [6.07, 6.45) is 7.86. The number of halogens is 1. The van der Waals surface area contributed by atoms with Crippen LogP contribution in [-0.4, -0.2) is 21.2 Å². The standard InChI is InChI=1S/C31H30ClN3O3S/c1-20-24(32)12-7-13-25(20)33-26(36)19-39-30-34-28-23-11-4-3-9-21(23)17-31(14-5-2-6-15-31)27(28)29(37)35(30)18-22-10-8-16-38-22/h3-4,7-13,16H,2,5-6,14-15,17-19H2,1H3,(H,33,36). The highest BCUT2D eigenvalue weighted by molar-refractivity contribution is 7.99. The molecule has 39 heavy (non-hydrogen) atoms. The number of thioether (sulfide) groups is 1. The Hall–Kier alpha value is -3.29. The van der Waals surface area contributed by atoms with Gasteiger partial charge < -0.3 is 9.73 Å². The molecule has 1 fully saturated rings. The van der Waals surface area contributed by atoms with Crippen LogP contribution in [0.15, 0.2) is 75.2 Å². The number of carbonyl (C=O) groups excluding carboxylic acids is 1. The van der Waals surface area contributed by atoms with Crippen LogP contribution in [0.2, 0.25) is 5.02 Å². The molecular weight excluding hydrogens is 530 g/mol. The summed E-state index contributed by atoms with van der Waals surface area (Å²) >= 11 is 7.50. The number of rotatable bonds is 6. The monoisotopic (exact) mass is 559 g/mol. The largest absolute Gasteiger partial charge is 0.467 e. The number of aromatic nitrogens is 2. The molecule has 2 aromatic carbocycles. The lowest BCUT2D eigenvalue weighted by Crippen LogP contribution is -2.43. The Labute approximate surface area is 236 Å². The van der Waals surface area contributed by atoms with E-state index in [4.69, 9.17) is 21.0 Å². The van der Waals surface area contributed by atoms with E-state index < -0.39 is 0 Å². The fourth-order valence-corrected chi connectivity index (χ4v) is 7.05. The van der Waals surface area contributed by atoms with Gasteiger partial charge in [-0.25, -0.2) is 4.98 Å². The van der Waals surface area contributed by atoms with Gasteiger partial charge in [0.15, 0.2) is 5.16 Å². The number of hydrogen-bond acceptors (Lipinski definition) is 5. The van der Waals surface area contributed by atoms with Gasteiger partial charge in [0.05, 0.1) is 29.8 Å². The van der Waals surface area contributed by atoms with Gasteiger partial charge >= 0.3 is 0 Å². The van der Waals surface area contributed by atoms with Crippen LogP contribution in [-0.2, 0) is 23.2 Å². The van der Waals surface area contributed by atoms with Gasteiger partial charge in [-0.15, -0.1) is 0 Å². The Kier molecular flexibility index (Phi) is 7.12. The van der Waals surface area contributed by atoms with Gasteiger partial charge in [0.1, 0.15) is 5.76 Å². The van der Waals surface area contributed by atoms with Crippen molar-refractivity contribution in [2.75, 3.05) is 11.1 Å². The lowest BCUT2D eigenvalue weighted by atomic mass is 9.62. The minimum Gasteiger partial charge on any atom is -0.467 e. The van der Waals surface area contributed by atoms with Crippen LogP contribution in [0.4, 0.5) is 5.69 Å². The van der Waals surface area contributed by atoms with Gasteiger partial charge in [0.25, 0.3) is 5.56 Å². The van der Waals surface area contributed by atoms with Crippen LogP contribution in [0.25, 0.3) is 11.3 Å². The molecule has 0 radical (unpaired) electrons. The zero-order valence-electron chi connectivity index (χ0n) is 21.8. The van der Waals surface area contributed by atoms with Crippen molar-refractivity contribution in [3.05, 3.63) is 98.7 Å². The molecule has 6 rings (SSSR count). The molecule has 0 bridgehead atoms. The average Bonchev–Trinajstić information content (AvgIpc) is 3.45. The molecule has 1 N–H and O–H groups in total. The van der Waals surface area contributed by atoms with Gasteiger partial charge in [-0.3, -0.25) is 14.2 Å². The molecule has 1 saturated carbocycles. The maximum absolute atomic E-state index is 14.4. The highest BCUT2D eigenvalue weighted by Crippen LogP contribution is 2.48. The number of nitrogens with zero attached hydrogens (tertiary/aromatic N) is 2. The number of furan rings is 1. The predicted molar refractivity (Wildman–Crippen MR) is 156 cm³/mol. The Balaban J connectivity index is 1.41. The molecule has 6 nitrogen and oxygen atoms in total. The van der Waals surface area contributed by atoms with Crippen LogP contribution in [0.1, 0.15) is 54.6 Å². The SMILES string of the molecule is Cc1c(Cl)cccc1NC(=O)CSc1nc2c(c(=O)n1Cc1ccco1)C1(CCCCC1)Cc1ccccc1-2. The lowest BCUT2D eigenvalue weighted by Gasteiger charge is -2.42. The second kappa shape index (κ2) is 10.7. The average molecular weight is 560 g/mol. The van der Waals surface area contributed by atoms with Gasteiger partial charge in [0.2, 0.25) is 5.91 Å². The van der Waals surface area contributed by atoms with E-state index in [1.807, 2.05) is 37.3 Å². The third-order valence-electron chi connectivity index (χ3n) is 8.04. The zero-order valence-corrected chi connectivity index (χ0v) is 23.4. The number of anilines is 1. The predicted octanol–water partition coefficient (Wildman–Crippen LogP) is 7.00. The summed E-state index contributed by atoms with van der Waals surface area (Å²) in [5, 5.41) is 4.05. The van der Waals surface area contributed by atoms with E-state index in [0.717, 1.165) is 54.5 Å².